The van der Waals surface area contributed by atoms with Crippen molar-refractivity contribution in [1.82, 2.24) is 0 Å². The highest BCUT2D eigenvalue weighted by atomic mass is 35.5. The van der Waals surface area contributed by atoms with Gasteiger partial charge < -0.3 is 10.8 Å². The number of hydrogen-bond donors (Lipinski definition) is 2. The van der Waals surface area contributed by atoms with Gasteiger partial charge in [0.2, 0.25) is 11.8 Å². The van der Waals surface area contributed by atoms with Gasteiger partial charge in [-0.1, -0.05) is 11.6 Å². The second-order valence-electron chi connectivity index (χ2n) is 4.51. The van der Waals surface area contributed by atoms with E-state index in [0.717, 1.165) is 16.7 Å². The predicted molar refractivity (Wildman–Crippen MR) is 80.4 cm³/mol. The molecule has 0 aromatic heterocycles. The summed E-state index contributed by atoms with van der Waals surface area (Å²) in [5.74, 6) is -1.73. The van der Waals surface area contributed by atoms with Crippen molar-refractivity contribution in [3.05, 3.63) is 29.3 Å². The van der Waals surface area contributed by atoms with E-state index in [2.05, 4.69) is 0 Å². The second-order valence-corrected chi connectivity index (χ2v) is 6.19. The van der Waals surface area contributed by atoms with Gasteiger partial charge in [-0.25, -0.2) is 4.90 Å². The maximum atomic E-state index is 12.2. The van der Waals surface area contributed by atoms with E-state index in [1.54, 1.807) is 24.3 Å². The third-order valence-electron chi connectivity index (χ3n) is 2.98. The molecule has 0 radical (unpaired) electrons. The zero-order valence-corrected chi connectivity index (χ0v) is 12.4. The van der Waals surface area contributed by atoms with Crippen LogP contribution in [0.15, 0.2) is 24.3 Å². The molecule has 1 aliphatic rings. The van der Waals surface area contributed by atoms with Crippen LogP contribution >= 0.6 is 23.4 Å². The fourth-order valence-corrected chi connectivity index (χ4v) is 3.10. The van der Waals surface area contributed by atoms with Gasteiger partial charge in [0, 0.05) is 17.2 Å². The standard InChI is InChI=1S/C13H13ClN2O4S/c14-7-1-3-8(4-2-7)16-11(17)5-10(12(16)18)21-6-9(15)13(19)20/h1-4,9-10H,5-6,15H2,(H,19,20). The lowest BCUT2D eigenvalue weighted by atomic mass is 10.3. The molecule has 0 saturated carbocycles. The zero-order chi connectivity index (χ0) is 15.6. The molecular formula is C13H13ClN2O4S. The first-order chi connectivity index (χ1) is 9.90. The third-order valence-corrected chi connectivity index (χ3v) is 4.56. The Morgan fingerprint density at radius 2 is 2.05 bits per heavy atom. The van der Waals surface area contributed by atoms with Gasteiger partial charge in [-0.2, -0.15) is 0 Å². The number of carbonyl (C=O) groups is 3. The Kier molecular flexibility index (Phi) is 4.87. The first-order valence-corrected chi connectivity index (χ1v) is 7.55. The molecule has 2 unspecified atom stereocenters. The number of thioether (sulfide) groups is 1. The molecule has 1 fully saturated rings. The van der Waals surface area contributed by atoms with Crippen molar-refractivity contribution >= 4 is 46.8 Å². The molecule has 0 aliphatic carbocycles. The lowest BCUT2D eigenvalue weighted by Crippen LogP contribution is -2.35. The van der Waals surface area contributed by atoms with Crippen LogP contribution in [0.25, 0.3) is 0 Å². The molecule has 21 heavy (non-hydrogen) atoms. The fraction of sp³-hybridized carbons (Fsp3) is 0.308. The first-order valence-electron chi connectivity index (χ1n) is 6.12. The molecule has 8 heteroatoms. The molecular weight excluding hydrogens is 316 g/mol. The van der Waals surface area contributed by atoms with E-state index in [1.165, 1.54) is 0 Å². The van der Waals surface area contributed by atoms with Gasteiger partial charge in [0.25, 0.3) is 0 Å². The van der Waals surface area contributed by atoms with E-state index in [4.69, 9.17) is 22.4 Å². The molecule has 2 rings (SSSR count). The molecule has 1 aromatic carbocycles. The van der Waals surface area contributed by atoms with Crippen LogP contribution in [0.4, 0.5) is 5.69 Å². The van der Waals surface area contributed by atoms with Crippen molar-refractivity contribution in [3.63, 3.8) is 0 Å². The summed E-state index contributed by atoms with van der Waals surface area (Å²) in [5, 5.41) is 8.63. The van der Waals surface area contributed by atoms with Crippen LogP contribution in [0, 0.1) is 0 Å². The second kappa shape index (κ2) is 6.46. The number of hydrogen-bond acceptors (Lipinski definition) is 5. The average molecular weight is 329 g/mol. The van der Waals surface area contributed by atoms with Gasteiger partial charge in [-0.05, 0) is 24.3 Å². The third kappa shape index (κ3) is 3.55. The maximum Gasteiger partial charge on any atom is 0.321 e. The Balaban J connectivity index is 2.06. The highest BCUT2D eigenvalue weighted by molar-refractivity contribution is 8.00. The van der Waals surface area contributed by atoms with Crippen molar-refractivity contribution < 1.29 is 19.5 Å². The Hall–Kier alpha value is -1.57. The minimum Gasteiger partial charge on any atom is -0.480 e. The fourth-order valence-electron chi connectivity index (χ4n) is 1.89. The van der Waals surface area contributed by atoms with Crippen molar-refractivity contribution in [2.45, 2.75) is 17.7 Å². The van der Waals surface area contributed by atoms with E-state index < -0.39 is 17.3 Å². The van der Waals surface area contributed by atoms with Crippen LogP contribution < -0.4 is 10.6 Å². The minimum atomic E-state index is -1.13. The van der Waals surface area contributed by atoms with Gasteiger partial charge in [-0.3, -0.25) is 14.4 Å². The number of halogens is 1. The van der Waals surface area contributed by atoms with E-state index in [9.17, 15) is 14.4 Å². The predicted octanol–water partition coefficient (Wildman–Crippen LogP) is 1.12. The zero-order valence-electron chi connectivity index (χ0n) is 10.9. The number of aliphatic carboxylic acids is 1. The van der Waals surface area contributed by atoms with E-state index in [0.29, 0.717) is 10.7 Å². The normalized spacial score (nSPS) is 19.9. The number of carboxylic acids is 1. The van der Waals surface area contributed by atoms with Crippen molar-refractivity contribution in [2.75, 3.05) is 10.7 Å². The summed E-state index contributed by atoms with van der Waals surface area (Å²) < 4.78 is 0. The molecule has 112 valence electrons. The maximum absolute atomic E-state index is 12.2. The smallest absolute Gasteiger partial charge is 0.321 e. The molecule has 1 heterocycles. The Labute approximate surface area is 130 Å². The molecule has 1 saturated heterocycles. The summed E-state index contributed by atoms with van der Waals surface area (Å²) in [4.78, 5) is 36.0. The largest absolute Gasteiger partial charge is 0.480 e. The van der Waals surface area contributed by atoms with E-state index in [-0.39, 0.29) is 24.0 Å². The number of carbonyl (C=O) groups excluding carboxylic acids is 2. The summed E-state index contributed by atoms with van der Waals surface area (Å²) in [6.45, 7) is 0. The molecule has 6 nitrogen and oxygen atoms in total. The summed E-state index contributed by atoms with van der Waals surface area (Å²) in [7, 11) is 0. The quantitative estimate of drug-likeness (QED) is 0.785. The lowest BCUT2D eigenvalue weighted by Gasteiger charge is -2.15. The highest BCUT2D eigenvalue weighted by Crippen LogP contribution is 2.30. The van der Waals surface area contributed by atoms with Gasteiger partial charge in [0.05, 0.1) is 10.9 Å². The van der Waals surface area contributed by atoms with Crippen LogP contribution in [0.2, 0.25) is 5.02 Å². The number of amides is 2. The molecule has 0 spiro atoms. The summed E-state index contributed by atoms with van der Waals surface area (Å²) in [6, 6.07) is 5.32. The van der Waals surface area contributed by atoms with E-state index >= 15 is 0 Å². The van der Waals surface area contributed by atoms with Crippen molar-refractivity contribution in [3.8, 4) is 0 Å². The minimum absolute atomic E-state index is 0.0401. The van der Waals surface area contributed by atoms with Crippen LogP contribution in [0.5, 0.6) is 0 Å². The summed E-state index contributed by atoms with van der Waals surface area (Å²) in [5.41, 5.74) is 5.85. The van der Waals surface area contributed by atoms with Crippen LogP contribution in [0.3, 0.4) is 0 Å². The molecule has 2 amide bonds. The van der Waals surface area contributed by atoms with Gasteiger partial charge in [-0.15, -0.1) is 11.8 Å². The van der Waals surface area contributed by atoms with Crippen LogP contribution in [-0.4, -0.2) is 39.9 Å². The molecule has 1 aromatic rings. The monoisotopic (exact) mass is 328 g/mol. The topological polar surface area (TPSA) is 101 Å². The number of nitrogens with two attached hydrogens (primary N) is 1. The number of nitrogens with zero attached hydrogens (tertiary/aromatic N) is 1. The van der Waals surface area contributed by atoms with Gasteiger partial charge in [0.1, 0.15) is 6.04 Å². The molecule has 0 bridgehead atoms. The molecule has 1 aliphatic heterocycles. The van der Waals surface area contributed by atoms with Crippen LogP contribution in [-0.2, 0) is 14.4 Å². The first kappa shape index (κ1) is 15.8. The number of imide groups is 1. The Bertz CT molecular complexity index is 578. The highest BCUT2D eigenvalue weighted by Gasteiger charge is 2.40. The number of rotatable bonds is 5. The SMILES string of the molecule is NC(CSC1CC(=O)N(c2ccc(Cl)cc2)C1=O)C(=O)O. The van der Waals surface area contributed by atoms with Gasteiger partial charge >= 0.3 is 5.97 Å². The molecule has 3 N–H and O–H groups in total. The van der Waals surface area contributed by atoms with Crippen molar-refractivity contribution in [2.24, 2.45) is 5.73 Å². The van der Waals surface area contributed by atoms with Crippen LogP contribution in [0.1, 0.15) is 6.42 Å². The Morgan fingerprint density at radius 3 is 2.62 bits per heavy atom. The summed E-state index contributed by atoms with van der Waals surface area (Å²) >= 11 is 6.86. The number of carboxylic acid groups (broad SMARTS) is 1. The summed E-state index contributed by atoms with van der Waals surface area (Å²) in [6.07, 6.45) is 0.0401. The van der Waals surface area contributed by atoms with Gasteiger partial charge in [0.15, 0.2) is 0 Å². The Morgan fingerprint density at radius 1 is 1.43 bits per heavy atom. The molecule has 2 atom stereocenters. The lowest BCUT2D eigenvalue weighted by molar-refractivity contribution is -0.138. The van der Waals surface area contributed by atoms with Crippen molar-refractivity contribution in [1.29, 1.82) is 0 Å². The van der Waals surface area contributed by atoms with E-state index in [1.807, 2.05) is 0 Å². The number of benzene rings is 1. The number of anilines is 1. The average Bonchev–Trinajstić information content (AvgIpc) is 2.72.